The fraction of sp³-hybridized carbons (Fsp3) is 0. The molecule has 2 N–H and O–H groups in total. The minimum absolute atomic E-state index is 0.0979. The zero-order chi connectivity index (χ0) is 14.0. The van der Waals surface area contributed by atoms with E-state index in [1.165, 1.54) is 12.1 Å². The van der Waals surface area contributed by atoms with E-state index in [4.69, 9.17) is 32.7 Å². The Morgan fingerprint density at radius 1 is 1.16 bits per heavy atom. The summed E-state index contributed by atoms with van der Waals surface area (Å²) in [7, 11) is 0. The Morgan fingerprint density at radius 2 is 1.89 bits per heavy atom. The summed E-state index contributed by atoms with van der Waals surface area (Å²) < 4.78 is 4.86. The van der Waals surface area contributed by atoms with Gasteiger partial charge in [0, 0.05) is 11.8 Å². The van der Waals surface area contributed by atoms with E-state index in [0.717, 1.165) is 12.3 Å². The summed E-state index contributed by atoms with van der Waals surface area (Å²) in [6.45, 7) is 0. The highest BCUT2D eigenvalue weighted by atomic mass is 35.5. The van der Waals surface area contributed by atoms with Gasteiger partial charge in [0.2, 0.25) is 0 Å². The maximum atomic E-state index is 11.8. The maximum Gasteiger partial charge on any atom is 0.338 e. The third kappa shape index (κ3) is 3.07. The summed E-state index contributed by atoms with van der Waals surface area (Å²) in [5, 5.41) is 11.9. The normalized spacial score (nSPS) is 10.2. The summed E-state index contributed by atoms with van der Waals surface area (Å²) in [4.78, 5) is 22.4. The fourth-order valence-corrected chi connectivity index (χ4v) is 1.63. The largest absolute Gasteiger partial charge is 0.478 e. The summed E-state index contributed by atoms with van der Waals surface area (Å²) in [5.41, 5.74) is 0.326. The molecular weight excluding hydrogens is 293 g/mol. The lowest BCUT2D eigenvalue weighted by Crippen LogP contribution is -2.10. The molecule has 98 valence electrons. The van der Waals surface area contributed by atoms with E-state index in [0.29, 0.717) is 15.7 Å². The molecule has 0 saturated carbocycles. The maximum absolute atomic E-state index is 11.8. The van der Waals surface area contributed by atoms with E-state index >= 15 is 0 Å². The molecule has 1 amide bonds. The van der Waals surface area contributed by atoms with Gasteiger partial charge >= 0.3 is 5.97 Å². The quantitative estimate of drug-likeness (QED) is 0.908. The smallest absolute Gasteiger partial charge is 0.338 e. The van der Waals surface area contributed by atoms with E-state index in [9.17, 15) is 9.59 Å². The van der Waals surface area contributed by atoms with Crippen LogP contribution in [0, 0.1) is 0 Å². The lowest BCUT2D eigenvalue weighted by Gasteiger charge is -2.04. The molecule has 0 spiro atoms. The van der Waals surface area contributed by atoms with Crippen molar-refractivity contribution in [3.63, 3.8) is 0 Å². The SMILES string of the molecule is O=C(O)c1coc(C(=O)Nc2ccc(Cl)c(Cl)c2)c1. The van der Waals surface area contributed by atoms with Crippen LogP contribution in [0.2, 0.25) is 10.0 Å². The minimum atomic E-state index is -1.17. The number of anilines is 1. The van der Waals surface area contributed by atoms with E-state index in [1.807, 2.05) is 0 Å². The van der Waals surface area contributed by atoms with Crippen LogP contribution in [0.3, 0.4) is 0 Å². The molecule has 1 aromatic carbocycles. The first-order valence-corrected chi connectivity index (χ1v) is 5.81. The van der Waals surface area contributed by atoms with Gasteiger partial charge in [-0.15, -0.1) is 0 Å². The monoisotopic (exact) mass is 299 g/mol. The molecule has 0 unspecified atom stereocenters. The molecule has 0 aliphatic heterocycles. The van der Waals surface area contributed by atoms with E-state index in [1.54, 1.807) is 6.07 Å². The van der Waals surface area contributed by atoms with Crippen LogP contribution in [0.4, 0.5) is 5.69 Å². The average molecular weight is 300 g/mol. The van der Waals surface area contributed by atoms with Gasteiger partial charge in [0.25, 0.3) is 5.91 Å². The number of carboxylic acid groups (broad SMARTS) is 1. The van der Waals surface area contributed by atoms with Gasteiger partial charge in [-0.3, -0.25) is 4.79 Å². The number of carbonyl (C=O) groups excluding carboxylic acids is 1. The van der Waals surface area contributed by atoms with Gasteiger partial charge in [-0.25, -0.2) is 4.79 Å². The van der Waals surface area contributed by atoms with Crippen molar-refractivity contribution < 1.29 is 19.1 Å². The van der Waals surface area contributed by atoms with E-state index < -0.39 is 11.9 Å². The van der Waals surface area contributed by atoms with Crippen molar-refractivity contribution in [2.24, 2.45) is 0 Å². The molecule has 0 radical (unpaired) electrons. The zero-order valence-electron chi connectivity index (χ0n) is 9.31. The number of nitrogens with one attached hydrogen (secondary N) is 1. The number of aromatic carboxylic acids is 1. The van der Waals surface area contributed by atoms with Crippen molar-refractivity contribution in [2.75, 3.05) is 5.32 Å². The number of furan rings is 1. The number of hydrogen-bond donors (Lipinski definition) is 2. The Labute approximate surface area is 117 Å². The van der Waals surface area contributed by atoms with Gasteiger partial charge in [-0.1, -0.05) is 23.2 Å². The lowest BCUT2D eigenvalue weighted by molar-refractivity contribution is 0.0696. The van der Waals surface area contributed by atoms with Crippen molar-refractivity contribution in [1.29, 1.82) is 0 Å². The topological polar surface area (TPSA) is 79.5 Å². The van der Waals surface area contributed by atoms with Crippen LogP contribution in [-0.2, 0) is 0 Å². The minimum Gasteiger partial charge on any atom is -0.478 e. The third-order valence-corrected chi connectivity index (χ3v) is 2.99. The molecule has 7 heteroatoms. The lowest BCUT2D eigenvalue weighted by atomic mass is 10.3. The molecular formula is C12H7Cl2NO4. The van der Waals surface area contributed by atoms with Crippen LogP contribution in [0.25, 0.3) is 0 Å². The van der Waals surface area contributed by atoms with Crippen molar-refractivity contribution in [3.05, 3.63) is 51.9 Å². The standard InChI is InChI=1S/C12H7Cl2NO4/c13-8-2-1-7(4-9(8)14)15-11(16)10-3-6(5-19-10)12(17)18/h1-5H,(H,15,16)(H,17,18). The highest BCUT2D eigenvalue weighted by Crippen LogP contribution is 2.25. The molecule has 1 aromatic heterocycles. The Bertz CT molecular complexity index is 651. The fourth-order valence-electron chi connectivity index (χ4n) is 1.33. The number of carbonyl (C=O) groups is 2. The van der Waals surface area contributed by atoms with E-state index in [2.05, 4.69) is 5.32 Å². The van der Waals surface area contributed by atoms with Crippen LogP contribution in [0.1, 0.15) is 20.9 Å². The second-order valence-corrected chi connectivity index (χ2v) is 4.40. The number of halogens is 2. The second-order valence-electron chi connectivity index (χ2n) is 3.59. The highest BCUT2D eigenvalue weighted by molar-refractivity contribution is 6.42. The summed E-state index contributed by atoms with van der Waals surface area (Å²) in [6, 6.07) is 5.70. The van der Waals surface area contributed by atoms with Crippen LogP contribution < -0.4 is 5.32 Å². The molecule has 0 bridgehead atoms. The number of rotatable bonds is 3. The predicted molar refractivity (Wildman–Crippen MR) is 70.1 cm³/mol. The Kier molecular flexibility index (Phi) is 3.78. The number of carboxylic acids is 1. The molecule has 2 rings (SSSR count). The van der Waals surface area contributed by atoms with Gasteiger partial charge in [0.05, 0.1) is 15.6 Å². The van der Waals surface area contributed by atoms with Crippen LogP contribution >= 0.6 is 23.2 Å². The summed E-state index contributed by atoms with van der Waals surface area (Å²) in [5.74, 6) is -1.85. The summed E-state index contributed by atoms with van der Waals surface area (Å²) in [6.07, 6.45) is 0.992. The number of amides is 1. The molecule has 0 aliphatic rings. The zero-order valence-corrected chi connectivity index (χ0v) is 10.8. The Balaban J connectivity index is 2.15. The molecule has 0 atom stereocenters. The van der Waals surface area contributed by atoms with Crippen molar-refractivity contribution in [1.82, 2.24) is 0 Å². The van der Waals surface area contributed by atoms with Crippen LogP contribution in [-0.4, -0.2) is 17.0 Å². The number of hydrogen-bond acceptors (Lipinski definition) is 3. The molecule has 5 nitrogen and oxygen atoms in total. The van der Waals surface area contributed by atoms with E-state index in [-0.39, 0.29) is 11.3 Å². The van der Waals surface area contributed by atoms with Crippen LogP contribution in [0.5, 0.6) is 0 Å². The first-order valence-electron chi connectivity index (χ1n) is 5.05. The predicted octanol–water partition coefficient (Wildman–Crippen LogP) is 3.54. The van der Waals surface area contributed by atoms with Gasteiger partial charge in [0.15, 0.2) is 5.76 Å². The first kappa shape index (κ1) is 13.5. The van der Waals surface area contributed by atoms with Gasteiger partial charge in [0.1, 0.15) is 6.26 Å². The Hall–Kier alpha value is -1.98. The van der Waals surface area contributed by atoms with Crippen LogP contribution in [0.15, 0.2) is 34.9 Å². The van der Waals surface area contributed by atoms with Gasteiger partial charge in [-0.05, 0) is 18.2 Å². The molecule has 0 fully saturated rings. The van der Waals surface area contributed by atoms with Gasteiger partial charge < -0.3 is 14.8 Å². The number of benzene rings is 1. The third-order valence-electron chi connectivity index (χ3n) is 2.25. The van der Waals surface area contributed by atoms with Gasteiger partial charge in [-0.2, -0.15) is 0 Å². The average Bonchev–Trinajstić information content (AvgIpc) is 2.83. The molecule has 2 aromatic rings. The summed E-state index contributed by atoms with van der Waals surface area (Å²) >= 11 is 11.5. The Morgan fingerprint density at radius 3 is 2.47 bits per heavy atom. The van der Waals surface area contributed by atoms with Crippen molar-refractivity contribution >= 4 is 40.8 Å². The molecule has 0 aliphatic carbocycles. The highest BCUT2D eigenvalue weighted by Gasteiger charge is 2.15. The second kappa shape index (κ2) is 5.34. The molecule has 19 heavy (non-hydrogen) atoms. The van der Waals surface area contributed by atoms with Crippen molar-refractivity contribution in [2.45, 2.75) is 0 Å². The first-order chi connectivity index (χ1) is 8.97. The molecule has 0 saturated heterocycles. The molecule has 1 heterocycles. The van der Waals surface area contributed by atoms with Crippen molar-refractivity contribution in [3.8, 4) is 0 Å².